The van der Waals surface area contributed by atoms with E-state index in [9.17, 15) is 0 Å². The van der Waals surface area contributed by atoms with E-state index >= 15 is 0 Å². The van der Waals surface area contributed by atoms with Crippen LogP contribution in [0.15, 0.2) is 176 Å². The number of benzene rings is 6. The second-order valence-corrected chi connectivity index (χ2v) is 25.9. The molecule has 45 heavy (non-hydrogen) atoms. The summed E-state index contributed by atoms with van der Waals surface area (Å²) in [5, 5.41) is 3.27. The summed E-state index contributed by atoms with van der Waals surface area (Å²) in [7, 11) is -2.73. The molecule has 0 N–H and O–H groups in total. The summed E-state index contributed by atoms with van der Waals surface area (Å²) in [6, 6.07) is 63.5. The van der Waals surface area contributed by atoms with Crippen LogP contribution in [0.5, 0.6) is 5.75 Å². The van der Waals surface area contributed by atoms with Crippen LogP contribution in [0.25, 0.3) is 0 Å². The van der Waals surface area contributed by atoms with Crippen LogP contribution in [0.3, 0.4) is 0 Å². The van der Waals surface area contributed by atoms with Gasteiger partial charge in [-0.3, -0.25) is 0 Å². The molecule has 6 aromatic rings. The molecule has 0 saturated heterocycles. The topological polar surface area (TPSA) is 9.23 Å². The van der Waals surface area contributed by atoms with Crippen molar-refractivity contribution in [3.63, 3.8) is 0 Å². The van der Waals surface area contributed by atoms with Crippen molar-refractivity contribution in [2.75, 3.05) is 0 Å². The van der Waals surface area contributed by atoms with Crippen LogP contribution in [-0.2, 0) is 6.16 Å². The molecule has 0 aliphatic rings. The van der Waals surface area contributed by atoms with Crippen molar-refractivity contribution in [2.45, 2.75) is 32.0 Å². The molecule has 6 aromatic carbocycles. The van der Waals surface area contributed by atoms with Gasteiger partial charge in [-0.05, 0) is 0 Å². The van der Waals surface area contributed by atoms with Crippen molar-refractivity contribution in [3.8, 4) is 5.75 Å². The first-order valence-electron chi connectivity index (χ1n) is 15.5. The Kier molecular flexibility index (Phi) is 8.72. The van der Waals surface area contributed by atoms with Gasteiger partial charge in [0.2, 0.25) is 0 Å². The average Bonchev–Trinajstić information content (AvgIpc) is 3.09. The predicted molar refractivity (Wildman–Crippen MR) is 202 cm³/mol. The van der Waals surface area contributed by atoms with E-state index in [0.29, 0.717) is 0 Å². The van der Waals surface area contributed by atoms with E-state index in [1.807, 2.05) is 0 Å². The van der Waals surface area contributed by atoms with Crippen molar-refractivity contribution in [1.29, 1.82) is 0 Å². The first kappa shape index (κ1) is 31.2. The Bertz CT molecular complexity index is 1680. The molecule has 0 aliphatic heterocycles. The van der Waals surface area contributed by atoms with Crippen molar-refractivity contribution < 1.29 is 4.43 Å². The maximum absolute atomic E-state index is 7.34. The molecular weight excluding hydrogens is 647 g/mol. The molecule has 0 fully saturated rings. The second-order valence-electron chi connectivity index (χ2n) is 12.8. The summed E-state index contributed by atoms with van der Waals surface area (Å²) in [5.41, 5.74) is 1.26. The van der Waals surface area contributed by atoms with E-state index in [0.717, 1.165) is 11.9 Å². The van der Waals surface area contributed by atoms with Crippen LogP contribution in [0.2, 0.25) is 5.04 Å². The van der Waals surface area contributed by atoms with Gasteiger partial charge in [0.05, 0.1) is 0 Å². The Balaban J connectivity index is 1.47. The van der Waals surface area contributed by atoms with Crippen molar-refractivity contribution in [2.24, 2.45) is 0 Å². The molecule has 0 aliphatic carbocycles. The van der Waals surface area contributed by atoms with E-state index in [4.69, 9.17) is 4.43 Å². The van der Waals surface area contributed by atoms with E-state index in [-0.39, 0.29) is 5.04 Å². The van der Waals surface area contributed by atoms with Gasteiger partial charge in [0, 0.05) is 0 Å². The van der Waals surface area contributed by atoms with Gasteiger partial charge in [-0.2, -0.15) is 0 Å². The molecule has 6 rings (SSSR count). The molecule has 0 saturated carbocycles. The van der Waals surface area contributed by atoms with E-state index in [1.54, 1.807) is 0 Å². The van der Waals surface area contributed by atoms with Gasteiger partial charge in [0.1, 0.15) is 0 Å². The first-order valence-corrected chi connectivity index (χ1v) is 21.9. The van der Waals surface area contributed by atoms with E-state index < -0.39 is 13.6 Å². The van der Waals surface area contributed by atoms with Gasteiger partial charge in [-0.1, -0.05) is 0 Å². The second kappa shape index (κ2) is 12.6. The van der Waals surface area contributed by atoms with E-state index in [2.05, 4.69) is 212 Å². The minimum absolute atomic E-state index is 0.107. The van der Waals surface area contributed by atoms with Crippen LogP contribution < -0.4 is 30.7 Å². The monoisotopic (exact) mass is 686 g/mol. The van der Waals surface area contributed by atoms with Crippen LogP contribution in [0.1, 0.15) is 26.3 Å². The molecular formula is C41H40BrOPSi. The maximum atomic E-state index is 7.34. The molecule has 0 amide bonds. The quantitative estimate of drug-likeness (QED) is 0.109. The molecule has 0 atom stereocenters. The third kappa shape index (κ3) is 5.63. The number of hydrogen-bond donors (Lipinski definition) is 0. The molecule has 0 aromatic heterocycles. The SMILES string of the molecule is CC(C)(C)[Si](Oc1ccc(CP(Br)(c2ccccc2)(c2ccccc2)c2ccccc2)cc1)(c1ccccc1)c1ccccc1. The molecule has 0 spiro atoms. The summed E-state index contributed by atoms with van der Waals surface area (Å²) < 4.78 is 7.34. The third-order valence-corrected chi connectivity index (χ3v) is 23.4. The molecule has 0 radical (unpaired) electrons. The Morgan fingerprint density at radius 2 is 0.822 bits per heavy atom. The van der Waals surface area contributed by atoms with Gasteiger partial charge in [0.25, 0.3) is 0 Å². The number of halogens is 1. The molecule has 4 heteroatoms. The van der Waals surface area contributed by atoms with Crippen LogP contribution >= 0.6 is 20.8 Å². The van der Waals surface area contributed by atoms with Crippen molar-refractivity contribution >= 4 is 55.4 Å². The number of hydrogen-bond acceptors (Lipinski definition) is 1. The Labute approximate surface area is 277 Å². The molecule has 0 unspecified atom stereocenters. The fourth-order valence-electron chi connectivity index (χ4n) is 6.77. The summed E-state index contributed by atoms with van der Waals surface area (Å²) in [4.78, 5) is 0. The van der Waals surface area contributed by atoms with Gasteiger partial charge < -0.3 is 0 Å². The number of rotatable bonds is 9. The zero-order valence-corrected chi connectivity index (χ0v) is 29.7. The fraction of sp³-hybridized carbons (Fsp3) is 0.122. The molecule has 0 bridgehead atoms. The summed E-state index contributed by atoms with van der Waals surface area (Å²) in [6.07, 6.45) is 0.836. The predicted octanol–water partition coefficient (Wildman–Crippen LogP) is 8.97. The zero-order chi connectivity index (χ0) is 31.4. The summed E-state index contributed by atoms with van der Waals surface area (Å²) >= 11 is 4.62. The molecule has 226 valence electrons. The summed E-state index contributed by atoms with van der Waals surface area (Å²) in [6.45, 7) is 6.96. The van der Waals surface area contributed by atoms with E-state index in [1.165, 1.54) is 31.9 Å². The average molecular weight is 688 g/mol. The van der Waals surface area contributed by atoms with Crippen LogP contribution in [0.4, 0.5) is 0 Å². The standard InChI is InChI=1S/C41H40BrOPSi/c1-41(2,3)45(39-25-15-7-16-26-39,40-27-17-8-18-28-40)43-35-31-29-34(30-32-35)33-44(42,36-19-9-4-10-20-36,37-21-11-5-12-22-37)38-23-13-6-14-24-38/h4-32H,33H2,1-3H3. The van der Waals surface area contributed by atoms with Gasteiger partial charge >= 0.3 is 279 Å². The van der Waals surface area contributed by atoms with Gasteiger partial charge in [-0.15, -0.1) is 0 Å². The first-order chi connectivity index (χ1) is 21.8. The fourth-order valence-corrected chi connectivity index (χ4v) is 18.9. The molecule has 0 heterocycles. The minimum atomic E-state index is -3.11. The Morgan fingerprint density at radius 1 is 0.489 bits per heavy atom. The molecule has 1 nitrogen and oxygen atoms in total. The van der Waals surface area contributed by atoms with Gasteiger partial charge in [-0.25, -0.2) is 0 Å². The normalized spacial score (nSPS) is 13.0. The zero-order valence-electron chi connectivity index (χ0n) is 26.2. The van der Waals surface area contributed by atoms with Crippen molar-refractivity contribution in [3.05, 3.63) is 181 Å². The van der Waals surface area contributed by atoms with Crippen LogP contribution in [-0.4, -0.2) is 8.32 Å². The summed E-state index contributed by atoms with van der Waals surface area (Å²) in [5.74, 6) is 0.905. The van der Waals surface area contributed by atoms with Crippen LogP contribution in [0, 0.1) is 0 Å². The Morgan fingerprint density at radius 3 is 1.16 bits per heavy atom. The van der Waals surface area contributed by atoms with Crippen molar-refractivity contribution in [1.82, 2.24) is 0 Å². The van der Waals surface area contributed by atoms with Gasteiger partial charge in [0.15, 0.2) is 0 Å². The third-order valence-electron chi connectivity index (χ3n) is 8.97. The Hall–Kier alpha value is -3.75.